The number of halogens is 3. The molecule has 0 aliphatic rings. The molecule has 2 aromatic heterocycles. The maximum absolute atomic E-state index is 12.9. The van der Waals surface area contributed by atoms with Crippen LogP contribution >= 0.6 is 11.6 Å². The van der Waals surface area contributed by atoms with Crippen LogP contribution < -0.4 is 5.32 Å². The number of amides is 1. The predicted molar refractivity (Wildman–Crippen MR) is 120 cm³/mol. The van der Waals surface area contributed by atoms with Crippen molar-refractivity contribution in [2.75, 3.05) is 19.4 Å². The van der Waals surface area contributed by atoms with Crippen molar-refractivity contribution < 1.29 is 22.0 Å². The number of pyridine rings is 1. The van der Waals surface area contributed by atoms with Crippen LogP contribution in [0.25, 0.3) is 11.3 Å². The Morgan fingerprint density at radius 3 is 2.67 bits per heavy atom. The summed E-state index contributed by atoms with van der Waals surface area (Å²) >= 11 is 6.08. The Morgan fingerprint density at radius 1 is 1.30 bits per heavy atom. The van der Waals surface area contributed by atoms with Gasteiger partial charge < -0.3 is 10.2 Å². The number of nitrogens with zero attached hydrogens (tertiary/aromatic N) is 5. The second-order valence-electron chi connectivity index (χ2n) is 7.03. The van der Waals surface area contributed by atoms with Crippen LogP contribution in [0.3, 0.4) is 0 Å². The molecule has 3 rings (SSSR count). The highest BCUT2D eigenvalue weighted by Crippen LogP contribution is 2.29. The van der Waals surface area contributed by atoms with Crippen LogP contribution in [0.2, 0.25) is 5.02 Å². The normalized spacial score (nSPS) is 11.8. The summed E-state index contributed by atoms with van der Waals surface area (Å²) < 4.78 is 55.6. The minimum Gasteiger partial charge on any atom is -0.368 e. The zero-order valence-electron chi connectivity index (χ0n) is 17.5. The molecule has 1 amide bonds. The molecule has 174 valence electrons. The van der Waals surface area contributed by atoms with Crippen LogP contribution in [0.5, 0.6) is 0 Å². The van der Waals surface area contributed by atoms with Crippen LogP contribution in [-0.2, 0) is 21.2 Å². The second-order valence-corrected chi connectivity index (χ2v) is 9.04. The number of nitrogens with one attached hydrogen (secondary N) is 1. The van der Waals surface area contributed by atoms with Gasteiger partial charge in [0.05, 0.1) is 30.2 Å². The third kappa shape index (κ3) is 6.11. The van der Waals surface area contributed by atoms with Crippen molar-refractivity contribution in [2.45, 2.75) is 17.9 Å². The van der Waals surface area contributed by atoms with Gasteiger partial charge in [-0.2, -0.15) is 22.3 Å². The topological polar surface area (TPSA) is 110 Å². The van der Waals surface area contributed by atoms with Gasteiger partial charge in [-0.15, -0.1) is 4.40 Å². The van der Waals surface area contributed by atoms with Gasteiger partial charge in [0.25, 0.3) is 10.0 Å². The molecule has 1 N–H and O–H groups in total. The molecule has 9 nitrogen and oxygen atoms in total. The lowest BCUT2D eigenvalue weighted by molar-refractivity contribution is -0.115. The SMILES string of the molecule is CN(C)C=NS(=O)(=O)c1cc(NC(=O)Cc2ccccc2Cl)cnc1-c1cnn(C(F)F)c1. The zero-order valence-corrected chi connectivity index (χ0v) is 19.1. The number of rotatable bonds is 8. The van der Waals surface area contributed by atoms with E-state index >= 15 is 0 Å². The summed E-state index contributed by atoms with van der Waals surface area (Å²) in [7, 11) is -1.14. The molecule has 3 aromatic rings. The number of aromatic nitrogens is 3. The Bertz CT molecular complexity index is 1290. The molecular formula is C20H19ClF2N6O3S. The van der Waals surface area contributed by atoms with Crippen molar-refractivity contribution in [3.8, 4) is 11.3 Å². The second kappa shape index (κ2) is 10.0. The molecular weight excluding hydrogens is 478 g/mol. The van der Waals surface area contributed by atoms with Gasteiger partial charge in [0.2, 0.25) is 5.91 Å². The monoisotopic (exact) mass is 496 g/mol. The lowest BCUT2D eigenvalue weighted by Gasteiger charge is -2.11. The van der Waals surface area contributed by atoms with Gasteiger partial charge in [-0.3, -0.25) is 9.78 Å². The molecule has 0 atom stereocenters. The summed E-state index contributed by atoms with van der Waals surface area (Å²) in [5.74, 6) is -0.455. The Morgan fingerprint density at radius 2 is 2.03 bits per heavy atom. The third-order valence-corrected chi connectivity index (χ3v) is 5.82. The van der Waals surface area contributed by atoms with Crippen LogP contribution in [0, 0.1) is 0 Å². The Hall–Kier alpha value is -3.38. The first-order valence-electron chi connectivity index (χ1n) is 9.39. The molecule has 0 spiro atoms. The van der Waals surface area contributed by atoms with Gasteiger partial charge in [0, 0.05) is 30.9 Å². The van der Waals surface area contributed by atoms with E-state index < -0.39 is 22.5 Å². The van der Waals surface area contributed by atoms with E-state index in [1.807, 2.05) is 0 Å². The maximum atomic E-state index is 12.9. The summed E-state index contributed by atoms with van der Waals surface area (Å²) in [6, 6.07) is 7.96. The molecule has 0 bridgehead atoms. The first kappa shape index (κ1) is 24.3. The van der Waals surface area contributed by atoms with E-state index in [0.29, 0.717) is 15.3 Å². The van der Waals surface area contributed by atoms with E-state index in [2.05, 4.69) is 19.8 Å². The van der Waals surface area contributed by atoms with Gasteiger partial charge in [-0.1, -0.05) is 29.8 Å². The van der Waals surface area contributed by atoms with Gasteiger partial charge >= 0.3 is 6.55 Å². The minimum absolute atomic E-state index is 0.0443. The number of carbonyl (C=O) groups excluding carboxylic acids is 1. The fraction of sp³-hybridized carbons (Fsp3) is 0.200. The number of hydrogen-bond donors (Lipinski definition) is 1. The fourth-order valence-corrected chi connectivity index (χ4v) is 4.05. The van der Waals surface area contributed by atoms with Crippen molar-refractivity contribution in [1.82, 2.24) is 19.7 Å². The number of anilines is 1. The average molecular weight is 497 g/mol. The van der Waals surface area contributed by atoms with Crippen LogP contribution in [0.1, 0.15) is 12.1 Å². The highest BCUT2D eigenvalue weighted by molar-refractivity contribution is 7.90. The van der Waals surface area contributed by atoms with Crippen LogP contribution in [0.15, 0.2) is 58.2 Å². The lowest BCUT2D eigenvalue weighted by atomic mass is 10.1. The molecule has 0 aliphatic heterocycles. The van der Waals surface area contributed by atoms with E-state index in [1.54, 1.807) is 38.4 Å². The fourth-order valence-electron chi connectivity index (χ4n) is 2.73. The molecule has 1 aromatic carbocycles. The summed E-state index contributed by atoms with van der Waals surface area (Å²) in [6.07, 6.45) is 4.28. The van der Waals surface area contributed by atoms with E-state index in [0.717, 1.165) is 24.8 Å². The molecule has 13 heteroatoms. The molecule has 0 unspecified atom stereocenters. The quantitative estimate of drug-likeness (QED) is 0.378. The molecule has 2 heterocycles. The molecule has 33 heavy (non-hydrogen) atoms. The maximum Gasteiger partial charge on any atom is 0.333 e. The molecule has 0 aliphatic carbocycles. The molecule has 0 saturated heterocycles. The number of benzene rings is 1. The number of hydrogen-bond acceptors (Lipinski definition) is 5. The van der Waals surface area contributed by atoms with Crippen LogP contribution in [-0.4, -0.2) is 54.4 Å². The van der Waals surface area contributed by atoms with E-state index in [1.165, 1.54) is 11.1 Å². The smallest absolute Gasteiger partial charge is 0.333 e. The van der Waals surface area contributed by atoms with Crippen molar-refractivity contribution in [2.24, 2.45) is 4.40 Å². The summed E-state index contributed by atoms with van der Waals surface area (Å²) in [5.41, 5.74) is 0.574. The number of sulfonamides is 1. The Balaban J connectivity index is 1.98. The highest BCUT2D eigenvalue weighted by atomic mass is 35.5. The molecule has 0 fully saturated rings. The number of alkyl halides is 2. The van der Waals surface area contributed by atoms with E-state index in [9.17, 15) is 22.0 Å². The average Bonchev–Trinajstić information content (AvgIpc) is 3.24. The molecule has 0 saturated carbocycles. The van der Waals surface area contributed by atoms with Crippen molar-refractivity contribution in [1.29, 1.82) is 0 Å². The van der Waals surface area contributed by atoms with Crippen molar-refractivity contribution in [3.63, 3.8) is 0 Å². The first-order chi connectivity index (χ1) is 15.6. The van der Waals surface area contributed by atoms with Gasteiger partial charge in [-0.05, 0) is 17.7 Å². The Kier molecular flexibility index (Phi) is 7.39. The van der Waals surface area contributed by atoms with Gasteiger partial charge in [0.15, 0.2) is 0 Å². The molecule has 0 radical (unpaired) electrons. The van der Waals surface area contributed by atoms with Gasteiger partial charge in [-0.25, -0.2) is 4.68 Å². The standard InChI is InChI=1S/C20H19ClF2N6O3S/c1-28(2)12-26-33(31,32)17-8-15(27-18(30)7-13-5-3-4-6-16(13)21)10-24-19(17)14-9-25-29(11-14)20(22)23/h3-6,8-12,20H,7H2,1-2H3,(H,27,30). The van der Waals surface area contributed by atoms with Crippen LogP contribution in [0.4, 0.5) is 14.5 Å². The zero-order chi connectivity index (χ0) is 24.2. The lowest BCUT2D eigenvalue weighted by Crippen LogP contribution is -2.16. The van der Waals surface area contributed by atoms with E-state index in [4.69, 9.17) is 11.6 Å². The number of carbonyl (C=O) groups is 1. The first-order valence-corrected chi connectivity index (χ1v) is 11.2. The largest absolute Gasteiger partial charge is 0.368 e. The van der Waals surface area contributed by atoms with Gasteiger partial charge in [0.1, 0.15) is 11.2 Å². The summed E-state index contributed by atoms with van der Waals surface area (Å²) in [4.78, 5) is 17.6. The highest BCUT2D eigenvalue weighted by Gasteiger charge is 2.23. The Labute approximate surface area is 193 Å². The minimum atomic E-state index is -4.30. The van der Waals surface area contributed by atoms with Crippen molar-refractivity contribution in [3.05, 3.63) is 59.5 Å². The predicted octanol–water partition coefficient (Wildman–Crippen LogP) is 3.45. The van der Waals surface area contributed by atoms with E-state index in [-0.39, 0.29) is 28.3 Å². The third-order valence-electron chi connectivity index (χ3n) is 4.22. The van der Waals surface area contributed by atoms with Crippen molar-refractivity contribution >= 4 is 39.6 Å². The summed E-state index contributed by atoms with van der Waals surface area (Å²) in [6.45, 7) is -2.91. The summed E-state index contributed by atoms with van der Waals surface area (Å²) in [5, 5.41) is 6.50.